The maximum Gasteiger partial charge on any atom is 0.147 e. The molecule has 3 N–H and O–H groups in total. The highest BCUT2D eigenvalue weighted by Crippen LogP contribution is 2.31. The van der Waals surface area contributed by atoms with Crippen LogP contribution in [0.4, 0.5) is 0 Å². The molecule has 1 rings (SSSR count). The Morgan fingerprint density at radius 2 is 2.20 bits per heavy atom. The second-order valence-corrected chi connectivity index (χ2v) is 7.07. The molecule has 4 nitrogen and oxygen atoms in total. The van der Waals surface area contributed by atoms with Gasteiger partial charge in [-0.3, -0.25) is 0 Å². The van der Waals surface area contributed by atoms with Crippen LogP contribution < -0.4 is 5.73 Å². The monoisotopic (exact) mass is 235 g/mol. The molecule has 0 amide bonds. The van der Waals surface area contributed by atoms with Gasteiger partial charge in [-0.25, -0.2) is 8.42 Å². The van der Waals surface area contributed by atoms with Gasteiger partial charge in [-0.05, 0) is 38.5 Å². The molecule has 90 valence electrons. The first-order valence-electron chi connectivity index (χ1n) is 5.46. The van der Waals surface area contributed by atoms with Crippen LogP contribution in [0, 0.1) is 0 Å². The molecule has 0 aromatic heterocycles. The van der Waals surface area contributed by atoms with Crippen molar-refractivity contribution in [3.05, 3.63) is 0 Å². The molecule has 2 unspecified atom stereocenters. The third-order valence-corrected chi connectivity index (χ3v) is 4.05. The van der Waals surface area contributed by atoms with E-state index in [0.29, 0.717) is 19.3 Å². The Hall–Kier alpha value is -0.130. The highest BCUT2D eigenvalue weighted by atomic mass is 32.2. The van der Waals surface area contributed by atoms with Gasteiger partial charge < -0.3 is 10.8 Å². The summed E-state index contributed by atoms with van der Waals surface area (Å²) >= 11 is 0. The number of aliphatic hydroxyl groups is 1. The van der Waals surface area contributed by atoms with E-state index < -0.39 is 15.4 Å². The lowest BCUT2D eigenvalue weighted by molar-refractivity contribution is -0.0102. The van der Waals surface area contributed by atoms with E-state index >= 15 is 0 Å². The van der Waals surface area contributed by atoms with E-state index in [-0.39, 0.29) is 11.8 Å². The molecule has 0 radical (unpaired) electrons. The van der Waals surface area contributed by atoms with E-state index in [1.807, 2.05) is 0 Å². The molecule has 1 aliphatic rings. The molecule has 0 aromatic rings. The fourth-order valence-electron chi connectivity index (χ4n) is 2.28. The van der Waals surface area contributed by atoms with E-state index in [0.717, 1.165) is 19.3 Å². The second kappa shape index (κ2) is 4.80. The van der Waals surface area contributed by atoms with Crippen LogP contribution in [0.5, 0.6) is 0 Å². The fourth-order valence-corrected chi connectivity index (χ4v) is 2.94. The summed E-state index contributed by atoms with van der Waals surface area (Å²) in [6.07, 6.45) is 5.58. The van der Waals surface area contributed by atoms with Crippen LogP contribution in [0.25, 0.3) is 0 Å². The predicted octanol–water partition coefficient (Wildman–Crippen LogP) is 0.444. The van der Waals surface area contributed by atoms with Gasteiger partial charge in [0.1, 0.15) is 9.84 Å². The van der Waals surface area contributed by atoms with E-state index in [2.05, 4.69) is 0 Å². The smallest absolute Gasteiger partial charge is 0.147 e. The van der Waals surface area contributed by atoms with Crippen molar-refractivity contribution in [1.82, 2.24) is 0 Å². The molecule has 0 bridgehead atoms. The topological polar surface area (TPSA) is 80.4 Å². The second-order valence-electron chi connectivity index (χ2n) is 4.81. The van der Waals surface area contributed by atoms with Crippen molar-refractivity contribution >= 4 is 9.84 Å². The minimum absolute atomic E-state index is 0.0713. The lowest BCUT2D eigenvalue weighted by Crippen LogP contribution is -2.41. The molecule has 0 saturated heterocycles. The van der Waals surface area contributed by atoms with Crippen molar-refractivity contribution < 1.29 is 13.5 Å². The van der Waals surface area contributed by atoms with E-state index in [9.17, 15) is 13.5 Å². The highest BCUT2D eigenvalue weighted by Gasteiger charge is 2.32. The fraction of sp³-hybridized carbons (Fsp3) is 1.00. The standard InChI is InChI=1S/C10H21NO3S/c1-15(13,14)7-3-6-10(12)5-2-4-9(11)8-10/h9,12H,2-8,11H2,1H3. The van der Waals surface area contributed by atoms with Gasteiger partial charge in [-0.2, -0.15) is 0 Å². The number of rotatable bonds is 4. The van der Waals surface area contributed by atoms with Crippen molar-refractivity contribution in [2.45, 2.75) is 50.2 Å². The summed E-state index contributed by atoms with van der Waals surface area (Å²) in [5.41, 5.74) is 5.07. The van der Waals surface area contributed by atoms with Crippen LogP contribution in [0.1, 0.15) is 38.5 Å². The molecule has 15 heavy (non-hydrogen) atoms. The van der Waals surface area contributed by atoms with E-state index in [1.54, 1.807) is 0 Å². The lowest BCUT2D eigenvalue weighted by Gasteiger charge is -2.35. The van der Waals surface area contributed by atoms with Gasteiger partial charge in [0, 0.05) is 18.1 Å². The van der Waals surface area contributed by atoms with Gasteiger partial charge in [0.05, 0.1) is 5.60 Å². The quantitative estimate of drug-likeness (QED) is 0.741. The van der Waals surface area contributed by atoms with E-state index in [1.165, 1.54) is 6.26 Å². The maximum atomic E-state index is 10.9. The van der Waals surface area contributed by atoms with Crippen LogP contribution in [0.3, 0.4) is 0 Å². The number of nitrogens with two attached hydrogens (primary N) is 1. The zero-order valence-electron chi connectivity index (χ0n) is 9.28. The minimum Gasteiger partial charge on any atom is -0.390 e. The molecule has 1 saturated carbocycles. The molecule has 1 aliphatic carbocycles. The van der Waals surface area contributed by atoms with Crippen molar-refractivity contribution in [2.75, 3.05) is 12.0 Å². The zero-order valence-corrected chi connectivity index (χ0v) is 10.1. The molecule has 5 heteroatoms. The van der Waals surface area contributed by atoms with Crippen molar-refractivity contribution in [1.29, 1.82) is 0 Å². The Balaban J connectivity index is 2.36. The number of hydrogen-bond acceptors (Lipinski definition) is 4. The third-order valence-electron chi connectivity index (χ3n) is 3.02. The van der Waals surface area contributed by atoms with Crippen LogP contribution in [0.15, 0.2) is 0 Å². The highest BCUT2D eigenvalue weighted by molar-refractivity contribution is 7.90. The number of sulfone groups is 1. The van der Waals surface area contributed by atoms with Crippen molar-refractivity contribution in [2.24, 2.45) is 5.73 Å². The SMILES string of the molecule is CS(=O)(=O)CCCC1(O)CCCC(N)C1. The Morgan fingerprint density at radius 1 is 1.53 bits per heavy atom. The average molecular weight is 235 g/mol. The molecule has 2 atom stereocenters. The van der Waals surface area contributed by atoms with Crippen LogP contribution in [0.2, 0.25) is 0 Å². The molecule has 0 aliphatic heterocycles. The summed E-state index contributed by atoms with van der Waals surface area (Å²) in [7, 11) is -2.91. The molecular weight excluding hydrogens is 214 g/mol. The van der Waals surface area contributed by atoms with Crippen LogP contribution in [-0.4, -0.2) is 37.2 Å². The average Bonchev–Trinajstić information content (AvgIpc) is 1.99. The maximum absolute atomic E-state index is 10.9. The summed E-state index contributed by atoms with van der Waals surface area (Å²) in [6.45, 7) is 0. The van der Waals surface area contributed by atoms with Gasteiger partial charge in [0.15, 0.2) is 0 Å². The Bertz CT molecular complexity index is 302. The van der Waals surface area contributed by atoms with Gasteiger partial charge >= 0.3 is 0 Å². The number of hydrogen-bond donors (Lipinski definition) is 2. The Kier molecular flexibility index (Phi) is 4.14. The Morgan fingerprint density at radius 3 is 2.73 bits per heavy atom. The molecular formula is C10H21NO3S. The summed E-state index contributed by atoms with van der Waals surface area (Å²) in [6, 6.07) is 0.0713. The van der Waals surface area contributed by atoms with Crippen molar-refractivity contribution in [3.8, 4) is 0 Å². The van der Waals surface area contributed by atoms with Crippen LogP contribution in [-0.2, 0) is 9.84 Å². The van der Waals surface area contributed by atoms with Gasteiger partial charge in [0.2, 0.25) is 0 Å². The molecule has 0 heterocycles. The zero-order chi connectivity index (χ0) is 11.5. The first kappa shape index (κ1) is 12.9. The summed E-state index contributed by atoms with van der Waals surface area (Å²) in [4.78, 5) is 0. The van der Waals surface area contributed by atoms with Crippen molar-refractivity contribution in [3.63, 3.8) is 0 Å². The predicted molar refractivity (Wildman–Crippen MR) is 60.3 cm³/mol. The van der Waals surface area contributed by atoms with Gasteiger partial charge in [0.25, 0.3) is 0 Å². The van der Waals surface area contributed by atoms with E-state index in [4.69, 9.17) is 5.73 Å². The third kappa shape index (κ3) is 4.95. The Labute approximate surface area is 91.8 Å². The molecule has 1 fully saturated rings. The molecule has 0 spiro atoms. The van der Waals surface area contributed by atoms with Gasteiger partial charge in [-0.1, -0.05) is 0 Å². The first-order valence-corrected chi connectivity index (χ1v) is 7.52. The minimum atomic E-state index is -2.91. The normalized spacial score (nSPS) is 32.9. The summed E-state index contributed by atoms with van der Waals surface area (Å²) in [5, 5.41) is 10.2. The van der Waals surface area contributed by atoms with Crippen LogP contribution >= 0.6 is 0 Å². The largest absolute Gasteiger partial charge is 0.390 e. The van der Waals surface area contributed by atoms with Gasteiger partial charge in [-0.15, -0.1) is 0 Å². The summed E-state index contributed by atoms with van der Waals surface area (Å²) < 4.78 is 21.9. The first-order chi connectivity index (χ1) is 6.81. The lowest BCUT2D eigenvalue weighted by atomic mass is 9.79. The molecule has 0 aromatic carbocycles. The summed E-state index contributed by atoms with van der Waals surface area (Å²) in [5.74, 6) is 0.157.